The molecule has 0 heterocycles. The summed E-state index contributed by atoms with van der Waals surface area (Å²) >= 11 is 5.89. The molecule has 1 heteroatoms. The number of hydrogen-bond donors (Lipinski definition) is 0. The molecule has 0 aliphatic rings. The number of rotatable bonds is 3. The predicted molar refractivity (Wildman–Crippen MR) is 72.3 cm³/mol. The molecule has 2 rings (SSSR count). The van der Waals surface area contributed by atoms with Gasteiger partial charge in [0, 0.05) is 5.88 Å². The molecule has 0 unspecified atom stereocenters. The van der Waals surface area contributed by atoms with Gasteiger partial charge in [0.25, 0.3) is 0 Å². The maximum atomic E-state index is 5.89. The molecule has 0 saturated carbocycles. The normalized spacial score (nSPS) is 11.9. The second-order valence-electron chi connectivity index (χ2n) is 4.85. The summed E-state index contributed by atoms with van der Waals surface area (Å²) in [5, 5.41) is 2.66. The van der Waals surface area contributed by atoms with Crippen molar-refractivity contribution in [3.8, 4) is 0 Å². The summed E-state index contributed by atoms with van der Waals surface area (Å²) in [6, 6.07) is 15.1. The van der Waals surface area contributed by atoms with Gasteiger partial charge in [-0.25, -0.2) is 0 Å². The lowest BCUT2D eigenvalue weighted by molar-refractivity contribution is 0.514. The summed E-state index contributed by atoms with van der Waals surface area (Å²) in [6.07, 6.45) is 1.00. The molecule has 0 radical (unpaired) electrons. The molecule has 0 amide bonds. The van der Waals surface area contributed by atoms with Gasteiger partial charge in [-0.3, -0.25) is 0 Å². The topological polar surface area (TPSA) is 0 Å². The molecule has 0 aliphatic carbocycles. The number of hydrogen-bond acceptors (Lipinski definition) is 0. The highest BCUT2D eigenvalue weighted by Gasteiger charge is 2.21. The first-order valence-electron chi connectivity index (χ1n) is 5.69. The van der Waals surface area contributed by atoms with Crippen molar-refractivity contribution in [2.45, 2.75) is 25.7 Å². The lowest BCUT2D eigenvalue weighted by Gasteiger charge is -2.25. The third-order valence-electron chi connectivity index (χ3n) is 3.24. The van der Waals surface area contributed by atoms with Crippen LogP contribution in [0.25, 0.3) is 10.8 Å². The third kappa shape index (κ3) is 2.08. The molecule has 0 nitrogen and oxygen atoms in total. The average Bonchev–Trinajstić information content (AvgIpc) is 2.28. The fraction of sp³-hybridized carbons (Fsp3) is 0.333. The van der Waals surface area contributed by atoms with E-state index in [2.05, 4.69) is 56.3 Å². The van der Waals surface area contributed by atoms with Crippen LogP contribution in [0.5, 0.6) is 0 Å². The number of alkyl halides is 1. The fourth-order valence-corrected chi connectivity index (χ4v) is 2.66. The third-order valence-corrected chi connectivity index (χ3v) is 3.43. The Hall–Kier alpha value is -1.01. The van der Waals surface area contributed by atoms with Crippen LogP contribution in [0.3, 0.4) is 0 Å². The molecule has 0 aliphatic heterocycles. The van der Waals surface area contributed by atoms with Crippen LogP contribution >= 0.6 is 11.6 Å². The largest absolute Gasteiger partial charge is 0.127 e. The molecule has 16 heavy (non-hydrogen) atoms. The van der Waals surface area contributed by atoms with E-state index in [1.807, 2.05) is 0 Å². The minimum absolute atomic E-state index is 0.141. The van der Waals surface area contributed by atoms with Crippen molar-refractivity contribution < 1.29 is 0 Å². The van der Waals surface area contributed by atoms with Crippen LogP contribution in [0.4, 0.5) is 0 Å². The van der Waals surface area contributed by atoms with E-state index in [4.69, 9.17) is 11.6 Å². The lowest BCUT2D eigenvalue weighted by Crippen LogP contribution is -2.18. The predicted octanol–water partition coefficient (Wildman–Crippen LogP) is 4.75. The Morgan fingerprint density at radius 1 is 1.00 bits per heavy atom. The Morgan fingerprint density at radius 3 is 2.44 bits per heavy atom. The Kier molecular flexibility index (Phi) is 3.20. The summed E-state index contributed by atoms with van der Waals surface area (Å²) in [5.74, 6) is 0.705. The average molecular weight is 233 g/mol. The minimum atomic E-state index is 0.141. The molecular weight excluding hydrogens is 216 g/mol. The van der Waals surface area contributed by atoms with Gasteiger partial charge in [0.05, 0.1) is 0 Å². The van der Waals surface area contributed by atoms with E-state index in [9.17, 15) is 0 Å². The van der Waals surface area contributed by atoms with E-state index in [1.165, 1.54) is 16.3 Å². The Labute approximate surface area is 102 Å². The highest BCUT2D eigenvalue weighted by Crippen LogP contribution is 2.33. The molecule has 0 atom stereocenters. The molecule has 0 spiro atoms. The van der Waals surface area contributed by atoms with E-state index in [1.54, 1.807) is 0 Å². The summed E-state index contributed by atoms with van der Waals surface area (Å²) in [7, 11) is 0. The Morgan fingerprint density at radius 2 is 1.69 bits per heavy atom. The van der Waals surface area contributed by atoms with Crippen LogP contribution in [-0.2, 0) is 5.41 Å². The zero-order valence-corrected chi connectivity index (χ0v) is 10.6. The molecule has 0 fully saturated rings. The zero-order valence-electron chi connectivity index (χ0n) is 9.83. The number of benzene rings is 2. The van der Waals surface area contributed by atoms with Crippen molar-refractivity contribution in [1.82, 2.24) is 0 Å². The number of halogens is 1. The summed E-state index contributed by atoms with van der Waals surface area (Å²) in [6.45, 7) is 4.52. The van der Waals surface area contributed by atoms with E-state index in [-0.39, 0.29) is 5.41 Å². The monoisotopic (exact) mass is 232 g/mol. The standard InChI is InChI=1S/C15H17Cl/c1-15(2,10-11-16)14-9-5-7-12-6-3-4-8-13(12)14/h3-9H,10-11H2,1-2H3. The van der Waals surface area contributed by atoms with Crippen molar-refractivity contribution in [2.24, 2.45) is 0 Å². The van der Waals surface area contributed by atoms with Gasteiger partial charge in [0.15, 0.2) is 0 Å². The molecule has 2 aromatic carbocycles. The maximum absolute atomic E-state index is 5.89. The van der Waals surface area contributed by atoms with Gasteiger partial charge in [0.2, 0.25) is 0 Å². The molecule has 84 valence electrons. The van der Waals surface area contributed by atoms with Crippen LogP contribution in [0.15, 0.2) is 42.5 Å². The molecule has 0 saturated heterocycles. The Balaban J connectivity index is 2.60. The van der Waals surface area contributed by atoms with Gasteiger partial charge >= 0.3 is 0 Å². The molecular formula is C15H17Cl. The van der Waals surface area contributed by atoms with Gasteiger partial charge in [-0.15, -0.1) is 11.6 Å². The highest BCUT2D eigenvalue weighted by atomic mass is 35.5. The highest BCUT2D eigenvalue weighted by molar-refractivity contribution is 6.17. The van der Waals surface area contributed by atoms with E-state index in [0.29, 0.717) is 5.88 Å². The first kappa shape index (κ1) is 11.5. The van der Waals surface area contributed by atoms with Crippen molar-refractivity contribution in [3.05, 3.63) is 48.0 Å². The lowest BCUT2D eigenvalue weighted by atomic mass is 9.80. The van der Waals surface area contributed by atoms with Crippen molar-refractivity contribution in [3.63, 3.8) is 0 Å². The second kappa shape index (κ2) is 4.47. The van der Waals surface area contributed by atoms with E-state index >= 15 is 0 Å². The van der Waals surface area contributed by atoms with Gasteiger partial charge in [-0.2, -0.15) is 0 Å². The van der Waals surface area contributed by atoms with Crippen molar-refractivity contribution in [1.29, 1.82) is 0 Å². The SMILES string of the molecule is CC(C)(CCCl)c1cccc2ccccc12. The smallest absolute Gasteiger partial charge is 0.0231 e. The van der Waals surface area contributed by atoms with Gasteiger partial charge in [-0.05, 0) is 28.2 Å². The second-order valence-corrected chi connectivity index (χ2v) is 5.23. The van der Waals surface area contributed by atoms with Gasteiger partial charge < -0.3 is 0 Å². The quantitative estimate of drug-likeness (QED) is 0.671. The molecule has 0 bridgehead atoms. The van der Waals surface area contributed by atoms with Crippen molar-refractivity contribution in [2.75, 3.05) is 5.88 Å². The summed E-state index contributed by atoms with van der Waals surface area (Å²) < 4.78 is 0. The van der Waals surface area contributed by atoms with E-state index < -0.39 is 0 Å². The summed E-state index contributed by atoms with van der Waals surface area (Å²) in [5.41, 5.74) is 1.54. The summed E-state index contributed by atoms with van der Waals surface area (Å²) in [4.78, 5) is 0. The molecule has 0 N–H and O–H groups in total. The number of fused-ring (bicyclic) bond motifs is 1. The zero-order chi connectivity index (χ0) is 11.6. The maximum Gasteiger partial charge on any atom is 0.0231 e. The van der Waals surface area contributed by atoms with Crippen LogP contribution in [0.2, 0.25) is 0 Å². The molecule has 0 aromatic heterocycles. The Bertz CT molecular complexity index is 480. The van der Waals surface area contributed by atoms with Crippen LogP contribution < -0.4 is 0 Å². The van der Waals surface area contributed by atoms with Crippen LogP contribution in [0.1, 0.15) is 25.8 Å². The van der Waals surface area contributed by atoms with Crippen LogP contribution in [-0.4, -0.2) is 5.88 Å². The minimum Gasteiger partial charge on any atom is -0.127 e. The first-order chi connectivity index (χ1) is 7.65. The van der Waals surface area contributed by atoms with Crippen molar-refractivity contribution >= 4 is 22.4 Å². The van der Waals surface area contributed by atoms with Gasteiger partial charge in [0.1, 0.15) is 0 Å². The van der Waals surface area contributed by atoms with Crippen LogP contribution in [0, 0.1) is 0 Å². The fourth-order valence-electron chi connectivity index (χ4n) is 2.19. The molecule has 2 aromatic rings. The van der Waals surface area contributed by atoms with E-state index in [0.717, 1.165) is 6.42 Å². The first-order valence-corrected chi connectivity index (χ1v) is 6.23. The van der Waals surface area contributed by atoms with Gasteiger partial charge in [-0.1, -0.05) is 56.3 Å².